The lowest BCUT2D eigenvalue weighted by molar-refractivity contribution is -0.139. The molecule has 2 aromatic carbocycles. The number of esters is 1. The van der Waals surface area contributed by atoms with Gasteiger partial charge in [0, 0.05) is 16.3 Å². The second-order valence-electron chi connectivity index (χ2n) is 4.78. The van der Waals surface area contributed by atoms with Crippen molar-refractivity contribution >= 4 is 23.4 Å². The summed E-state index contributed by atoms with van der Waals surface area (Å²) in [6.45, 7) is 2.03. The van der Waals surface area contributed by atoms with Gasteiger partial charge in [0.25, 0.3) is 0 Å². The number of nitrogens with two attached hydrogens (primary N) is 1. The van der Waals surface area contributed by atoms with Crippen molar-refractivity contribution < 1.29 is 9.53 Å². The van der Waals surface area contributed by atoms with Gasteiger partial charge in [-0.25, -0.2) is 0 Å². The highest BCUT2D eigenvalue weighted by Gasteiger charge is 2.09. The second kappa shape index (κ2) is 7.18. The molecule has 110 valence electrons. The van der Waals surface area contributed by atoms with Crippen molar-refractivity contribution in [3.63, 3.8) is 0 Å². The summed E-state index contributed by atoms with van der Waals surface area (Å²) in [7, 11) is 1.41. The van der Waals surface area contributed by atoms with Crippen molar-refractivity contribution in [2.45, 2.75) is 24.0 Å². The molecular weight excluding hydrogens is 282 g/mol. The van der Waals surface area contributed by atoms with Crippen LogP contribution in [0.4, 0.5) is 5.69 Å². The highest BCUT2D eigenvalue weighted by Crippen LogP contribution is 2.29. The lowest BCUT2D eigenvalue weighted by atomic mass is 10.1. The van der Waals surface area contributed by atoms with Crippen LogP contribution >= 0.6 is 11.8 Å². The number of nitrogen functional groups attached to an aromatic ring is 1. The SMILES string of the molecule is COC(=O)Cc1ccccc1CSc1cccc(N)c1C. The standard InChI is InChI=1S/C17H19NO2S/c1-12-15(18)8-5-9-16(12)21-11-14-7-4-3-6-13(14)10-17(19)20-2/h3-9H,10-11,18H2,1-2H3. The van der Waals surface area contributed by atoms with Crippen molar-refractivity contribution in [1.82, 2.24) is 0 Å². The molecule has 0 spiro atoms. The minimum absolute atomic E-state index is 0.215. The second-order valence-corrected chi connectivity index (χ2v) is 5.80. The summed E-state index contributed by atoms with van der Waals surface area (Å²) in [5.74, 6) is 0.588. The molecular formula is C17H19NO2S. The number of carbonyl (C=O) groups is 1. The molecule has 0 heterocycles. The molecule has 0 bridgehead atoms. The molecule has 2 aromatic rings. The number of thioether (sulfide) groups is 1. The fraction of sp³-hybridized carbons (Fsp3) is 0.235. The van der Waals surface area contributed by atoms with Crippen LogP contribution in [0, 0.1) is 6.92 Å². The first-order valence-corrected chi connectivity index (χ1v) is 7.72. The number of ether oxygens (including phenoxy) is 1. The summed E-state index contributed by atoms with van der Waals surface area (Å²) >= 11 is 1.73. The Kier molecular flexibility index (Phi) is 5.28. The monoisotopic (exact) mass is 301 g/mol. The van der Waals surface area contributed by atoms with E-state index < -0.39 is 0 Å². The summed E-state index contributed by atoms with van der Waals surface area (Å²) in [6, 6.07) is 13.9. The van der Waals surface area contributed by atoms with Gasteiger partial charge >= 0.3 is 5.97 Å². The minimum Gasteiger partial charge on any atom is -0.469 e. The van der Waals surface area contributed by atoms with Crippen molar-refractivity contribution in [3.05, 3.63) is 59.2 Å². The van der Waals surface area contributed by atoms with Gasteiger partial charge in [-0.05, 0) is 35.7 Å². The summed E-state index contributed by atoms with van der Waals surface area (Å²) < 4.78 is 4.74. The highest BCUT2D eigenvalue weighted by molar-refractivity contribution is 7.98. The quantitative estimate of drug-likeness (QED) is 0.521. The van der Waals surface area contributed by atoms with Crippen LogP contribution in [0.1, 0.15) is 16.7 Å². The third-order valence-electron chi connectivity index (χ3n) is 3.39. The van der Waals surface area contributed by atoms with Crippen LogP contribution in [0.2, 0.25) is 0 Å². The largest absolute Gasteiger partial charge is 0.469 e. The van der Waals surface area contributed by atoms with E-state index in [1.54, 1.807) is 11.8 Å². The normalized spacial score (nSPS) is 10.4. The Morgan fingerprint density at radius 1 is 1.14 bits per heavy atom. The average molecular weight is 301 g/mol. The predicted molar refractivity (Wildman–Crippen MR) is 87.3 cm³/mol. The molecule has 0 aliphatic rings. The molecule has 0 fully saturated rings. The van der Waals surface area contributed by atoms with E-state index in [2.05, 4.69) is 6.07 Å². The first kappa shape index (κ1) is 15.4. The minimum atomic E-state index is -0.215. The fourth-order valence-electron chi connectivity index (χ4n) is 2.04. The van der Waals surface area contributed by atoms with Gasteiger partial charge in [-0.2, -0.15) is 0 Å². The summed E-state index contributed by atoms with van der Waals surface area (Å²) in [4.78, 5) is 12.6. The molecule has 0 atom stereocenters. The predicted octanol–water partition coefficient (Wildman–Crippen LogP) is 3.59. The third-order valence-corrected chi connectivity index (χ3v) is 4.60. The molecule has 0 saturated carbocycles. The first-order chi connectivity index (χ1) is 10.1. The van der Waals surface area contributed by atoms with Crippen LogP contribution in [0.3, 0.4) is 0 Å². The number of benzene rings is 2. The highest BCUT2D eigenvalue weighted by atomic mass is 32.2. The molecule has 0 aliphatic heterocycles. The van der Waals surface area contributed by atoms with Gasteiger partial charge in [-0.3, -0.25) is 4.79 Å². The van der Waals surface area contributed by atoms with E-state index in [4.69, 9.17) is 10.5 Å². The van der Waals surface area contributed by atoms with Crippen LogP contribution in [0.5, 0.6) is 0 Å². The topological polar surface area (TPSA) is 52.3 Å². The fourth-order valence-corrected chi connectivity index (χ4v) is 3.14. The van der Waals surface area contributed by atoms with Crippen LogP contribution in [0.25, 0.3) is 0 Å². The smallest absolute Gasteiger partial charge is 0.309 e. The van der Waals surface area contributed by atoms with Crippen LogP contribution in [-0.4, -0.2) is 13.1 Å². The number of hydrogen-bond donors (Lipinski definition) is 1. The van der Waals surface area contributed by atoms with E-state index >= 15 is 0 Å². The zero-order valence-electron chi connectivity index (χ0n) is 12.3. The molecule has 0 aliphatic carbocycles. The van der Waals surface area contributed by atoms with E-state index in [1.807, 2.05) is 43.3 Å². The van der Waals surface area contributed by atoms with Gasteiger partial charge in [-0.15, -0.1) is 11.8 Å². The molecule has 0 amide bonds. The lowest BCUT2D eigenvalue weighted by Gasteiger charge is -2.11. The summed E-state index contributed by atoms with van der Waals surface area (Å²) in [5, 5.41) is 0. The first-order valence-electron chi connectivity index (χ1n) is 6.73. The number of rotatable bonds is 5. The van der Waals surface area contributed by atoms with Gasteiger partial charge in [0.1, 0.15) is 0 Å². The van der Waals surface area contributed by atoms with Crippen molar-refractivity contribution in [3.8, 4) is 0 Å². The molecule has 0 radical (unpaired) electrons. The molecule has 0 saturated heterocycles. The summed E-state index contributed by atoms with van der Waals surface area (Å²) in [5.41, 5.74) is 10.0. The number of methoxy groups -OCH3 is 1. The summed E-state index contributed by atoms with van der Waals surface area (Å²) in [6.07, 6.45) is 0.309. The maximum Gasteiger partial charge on any atom is 0.309 e. The molecule has 2 rings (SSSR count). The lowest BCUT2D eigenvalue weighted by Crippen LogP contribution is -2.06. The Labute approximate surface area is 129 Å². The molecule has 0 aromatic heterocycles. The maximum absolute atomic E-state index is 11.5. The van der Waals surface area contributed by atoms with Gasteiger partial charge in [-0.1, -0.05) is 30.3 Å². The van der Waals surface area contributed by atoms with E-state index in [1.165, 1.54) is 12.0 Å². The third kappa shape index (κ3) is 4.02. The molecule has 4 heteroatoms. The Hall–Kier alpha value is -1.94. The number of anilines is 1. The molecule has 2 N–H and O–H groups in total. The molecule has 0 unspecified atom stereocenters. The molecule has 3 nitrogen and oxygen atoms in total. The van der Waals surface area contributed by atoms with E-state index in [9.17, 15) is 4.79 Å². The van der Waals surface area contributed by atoms with Crippen LogP contribution in [-0.2, 0) is 21.7 Å². The zero-order valence-corrected chi connectivity index (χ0v) is 13.1. The van der Waals surface area contributed by atoms with E-state index in [0.717, 1.165) is 28.1 Å². The Balaban J connectivity index is 2.13. The number of carbonyl (C=O) groups excluding carboxylic acids is 1. The van der Waals surface area contributed by atoms with Crippen molar-refractivity contribution in [2.75, 3.05) is 12.8 Å². The Morgan fingerprint density at radius 2 is 1.86 bits per heavy atom. The number of hydrogen-bond acceptors (Lipinski definition) is 4. The average Bonchev–Trinajstić information content (AvgIpc) is 2.50. The molecule has 21 heavy (non-hydrogen) atoms. The van der Waals surface area contributed by atoms with E-state index in [0.29, 0.717) is 6.42 Å². The van der Waals surface area contributed by atoms with Gasteiger partial charge < -0.3 is 10.5 Å². The van der Waals surface area contributed by atoms with Gasteiger partial charge in [0.05, 0.1) is 13.5 Å². The Morgan fingerprint density at radius 3 is 2.57 bits per heavy atom. The zero-order chi connectivity index (χ0) is 15.2. The maximum atomic E-state index is 11.5. The van der Waals surface area contributed by atoms with Crippen molar-refractivity contribution in [2.24, 2.45) is 0 Å². The van der Waals surface area contributed by atoms with Gasteiger partial charge in [0.2, 0.25) is 0 Å². The van der Waals surface area contributed by atoms with Crippen LogP contribution in [0.15, 0.2) is 47.4 Å². The van der Waals surface area contributed by atoms with E-state index in [-0.39, 0.29) is 5.97 Å². The van der Waals surface area contributed by atoms with Crippen LogP contribution < -0.4 is 5.73 Å². The van der Waals surface area contributed by atoms with Gasteiger partial charge in [0.15, 0.2) is 0 Å². The van der Waals surface area contributed by atoms with Crippen molar-refractivity contribution in [1.29, 1.82) is 0 Å². The Bertz CT molecular complexity index is 640.